The van der Waals surface area contributed by atoms with Crippen LogP contribution < -0.4 is 9.47 Å². The summed E-state index contributed by atoms with van der Waals surface area (Å²) in [6.45, 7) is 6.04. The van der Waals surface area contributed by atoms with Gasteiger partial charge in [-0.05, 0) is 50.8 Å². The lowest BCUT2D eigenvalue weighted by molar-refractivity contribution is -0.137. The third-order valence-corrected chi connectivity index (χ3v) is 7.82. The Balaban J connectivity index is 1.41. The van der Waals surface area contributed by atoms with Gasteiger partial charge in [0.05, 0.1) is 29.0 Å². The fourth-order valence-electron chi connectivity index (χ4n) is 5.45. The lowest BCUT2D eigenvalue weighted by atomic mass is 10.0. The minimum Gasteiger partial charge on any atom is -0.488 e. The summed E-state index contributed by atoms with van der Waals surface area (Å²) >= 11 is 6.32. The summed E-state index contributed by atoms with van der Waals surface area (Å²) < 4.78 is 62.9. The zero-order valence-corrected chi connectivity index (χ0v) is 23.1. The van der Waals surface area contributed by atoms with Gasteiger partial charge >= 0.3 is 12.3 Å². The Hall–Kier alpha value is -2.76. The first-order valence-corrected chi connectivity index (χ1v) is 14.0. The zero-order chi connectivity index (χ0) is 28.3. The van der Waals surface area contributed by atoms with Crippen LogP contribution in [-0.4, -0.2) is 79.1 Å². The lowest BCUT2D eigenvalue weighted by Crippen LogP contribution is -2.47. The molecule has 12 heteroatoms. The number of alkyl halides is 3. The van der Waals surface area contributed by atoms with E-state index in [0.717, 1.165) is 43.5 Å². The van der Waals surface area contributed by atoms with Crippen LogP contribution in [0, 0.1) is 0 Å². The number of hydrogen-bond donors (Lipinski definition) is 0. The van der Waals surface area contributed by atoms with Gasteiger partial charge < -0.3 is 23.8 Å². The van der Waals surface area contributed by atoms with Crippen molar-refractivity contribution in [3.05, 3.63) is 40.5 Å². The maximum absolute atomic E-state index is 13.2. The second-order valence-electron chi connectivity index (χ2n) is 10.2. The number of piperidine rings is 1. The molecular formula is C28H33ClF3N3O5. The van der Waals surface area contributed by atoms with E-state index in [1.807, 2.05) is 6.07 Å². The number of rotatable bonds is 6. The molecule has 0 spiro atoms. The normalized spacial score (nSPS) is 20.5. The summed E-state index contributed by atoms with van der Waals surface area (Å²) in [4.78, 5) is 20.3. The van der Waals surface area contributed by atoms with Crippen molar-refractivity contribution >= 4 is 17.7 Å². The van der Waals surface area contributed by atoms with E-state index in [1.165, 1.54) is 0 Å². The molecule has 0 aliphatic carbocycles. The number of pyridine rings is 1. The van der Waals surface area contributed by atoms with Crippen molar-refractivity contribution in [2.75, 3.05) is 46.1 Å². The van der Waals surface area contributed by atoms with Crippen molar-refractivity contribution in [3.8, 4) is 22.8 Å². The van der Waals surface area contributed by atoms with Gasteiger partial charge in [0.1, 0.15) is 13.2 Å². The zero-order valence-electron chi connectivity index (χ0n) is 22.3. The van der Waals surface area contributed by atoms with Crippen molar-refractivity contribution < 1.29 is 36.9 Å². The van der Waals surface area contributed by atoms with Crippen molar-refractivity contribution in [1.29, 1.82) is 0 Å². The summed E-state index contributed by atoms with van der Waals surface area (Å²) in [7, 11) is 0. The fraction of sp³-hybridized carbons (Fsp3) is 0.571. The van der Waals surface area contributed by atoms with Gasteiger partial charge in [-0.3, -0.25) is 9.88 Å². The highest BCUT2D eigenvalue weighted by atomic mass is 35.5. The van der Waals surface area contributed by atoms with Crippen LogP contribution in [0.2, 0.25) is 5.02 Å². The van der Waals surface area contributed by atoms with Gasteiger partial charge in [0, 0.05) is 56.2 Å². The standard InChI is InChI=1S/C28H33ClF3N3O5/c1-2-37-27(36)34-7-5-21(6-8-34)35-9-11-39-26-19(16-35)12-18(13-24(26)40-17-22-4-3-10-38-22)25-23(29)14-20(15-33-25)28(30,31)32/h12-15,21-22H,2-11,16-17H2,1H3/t22-/m1/s1. The van der Waals surface area contributed by atoms with E-state index in [2.05, 4.69) is 9.88 Å². The number of hydrogen-bond acceptors (Lipinski definition) is 7. The lowest BCUT2D eigenvalue weighted by Gasteiger charge is -2.37. The Morgan fingerprint density at radius 1 is 1.15 bits per heavy atom. The predicted octanol–water partition coefficient (Wildman–Crippen LogP) is 5.79. The first kappa shape index (κ1) is 28.8. The summed E-state index contributed by atoms with van der Waals surface area (Å²) in [6, 6.07) is 4.71. The molecule has 0 unspecified atom stereocenters. The Bertz CT molecular complexity index is 1200. The Morgan fingerprint density at radius 2 is 1.95 bits per heavy atom. The van der Waals surface area contributed by atoms with Gasteiger partial charge in [-0.1, -0.05) is 11.6 Å². The molecule has 4 heterocycles. The maximum atomic E-state index is 13.2. The average molecular weight is 584 g/mol. The van der Waals surface area contributed by atoms with Crippen molar-refractivity contribution in [2.45, 2.75) is 57.5 Å². The molecule has 2 fully saturated rings. The second-order valence-corrected chi connectivity index (χ2v) is 10.6. The summed E-state index contributed by atoms with van der Waals surface area (Å²) in [5.74, 6) is 1.09. The highest BCUT2D eigenvalue weighted by molar-refractivity contribution is 6.33. The fourth-order valence-corrected chi connectivity index (χ4v) is 5.73. The molecule has 0 N–H and O–H groups in total. The second kappa shape index (κ2) is 12.4. The molecule has 1 atom stereocenters. The van der Waals surface area contributed by atoms with Gasteiger partial charge in [-0.25, -0.2) is 4.79 Å². The van der Waals surface area contributed by atoms with Crippen molar-refractivity contribution in [1.82, 2.24) is 14.8 Å². The van der Waals surface area contributed by atoms with E-state index in [-0.39, 0.29) is 29.0 Å². The van der Waals surface area contributed by atoms with E-state index in [9.17, 15) is 18.0 Å². The van der Waals surface area contributed by atoms with Crippen molar-refractivity contribution in [2.24, 2.45) is 0 Å². The molecule has 0 bridgehead atoms. The Labute approximate surface area is 236 Å². The number of amides is 1. The smallest absolute Gasteiger partial charge is 0.417 e. The Kier molecular flexibility index (Phi) is 8.92. The number of fused-ring (bicyclic) bond motifs is 1. The number of aromatic nitrogens is 1. The van der Waals surface area contributed by atoms with Crippen LogP contribution in [0.15, 0.2) is 24.4 Å². The first-order chi connectivity index (χ1) is 19.2. The van der Waals surface area contributed by atoms with Gasteiger partial charge in [-0.2, -0.15) is 13.2 Å². The number of halogens is 4. The summed E-state index contributed by atoms with van der Waals surface area (Å²) in [5, 5.41) is -0.0995. The van der Waals surface area contributed by atoms with Crippen LogP contribution in [0.25, 0.3) is 11.3 Å². The maximum Gasteiger partial charge on any atom is 0.417 e. The van der Waals surface area contributed by atoms with E-state index < -0.39 is 11.7 Å². The van der Waals surface area contributed by atoms with Crippen molar-refractivity contribution in [3.63, 3.8) is 0 Å². The summed E-state index contributed by atoms with van der Waals surface area (Å²) in [5.41, 5.74) is 0.706. The molecule has 1 aromatic heterocycles. The highest BCUT2D eigenvalue weighted by Crippen LogP contribution is 2.41. The molecule has 3 aliphatic rings. The number of likely N-dealkylation sites (tertiary alicyclic amines) is 1. The highest BCUT2D eigenvalue weighted by Gasteiger charge is 2.33. The molecule has 2 aromatic rings. The quantitative estimate of drug-likeness (QED) is 0.426. The average Bonchev–Trinajstić information content (AvgIpc) is 3.36. The number of benzene rings is 1. The Morgan fingerprint density at radius 3 is 2.62 bits per heavy atom. The van der Waals surface area contributed by atoms with Crippen LogP contribution in [-0.2, 0) is 22.2 Å². The molecule has 218 valence electrons. The molecule has 40 heavy (non-hydrogen) atoms. The number of ether oxygens (including phenoxy) is 4. The topological polar surface area (TPSA) is 73.4 Å². The number of nitrogens with zero attached hydrogens (tertiary/aromatic N) is 3. The molecule has 0 saturated carbocycles. The summed E-state index contributed by atoms with van der Waals surface area (Å²) in [6.07, 6.45) is -0.617. The minimum absolute atomic E-state index is 0.0288. The van der Waals surface area contributed by atoms with E-state index >= 15 is 0 Å². The van der Waals surface area contributed by atoms with Crippen LogP contribution in [0.1, 0.15) is 43.7 Å². The number of carbonyl (C=O) groups is 1. The molecule has 0 radical (unpaired) electrons. The molecule has 1 aromatic carbocycles. The van der Waals surface area contributed by atoms with Gasteiger partial charge in [0.2, 0.25) is 0 Å². The van der Waals surface area contributed by atoms with Crippen LogP contribution >= 0.6 is 11.6 Å². The predicted molar refractivity (Wildman–Crippen MR) is 142 cm³/mol. The molecule has 5 rings (SSSR count). The van der Waals surface area contributed by atoms with Gasteiger partial charge in [-0.15, -0.1) is 0 Å². The first-order valence-electron chi connectivity index (χ1n) is 13.7. The third kappa shape index (κ3) is 6.58. The molecule has 8 nitrogen and oxygen atoms in total. The molecule has 2 saturated heterocycles. The SMILES string of the molecule is CCOC(=O)N1CCC(N2CCOc3c(cc(-c4ncc(C(F)(F)F)cc4Cl)cc3OC[C@H]3CCCO3)C2)CC1. The van der Waals surface area contributed by atoms with Crippen LogP contribution in [0.4, 0.5) is 18.0 Å². The van der Waals surface area contributed by atoms with Crippen LogP contribution in [0.5, 0.6) is 11.5 Å². The largest absolute Gasteiger partial charge is 0.488 e. The number of carbonyl (C=O) groups excluding carboxylic acids is 1. The molecular weight excluding hydrogens is 551 g/mol. The van der Waals surface area contributed by atoms with E-state index in [1.54, 1.807) is 17.9 Å². The van der Waals surface area contributed by atoms with Gasteiger partial charge in [0.25, 0.3) is 0 Å². The molecule has 3 aliphatic heterocycles. The van der Waals surface area contributed by atoms with E-state index in [4.69, 9.17) is 30.5 Å². The third-order valence-electron chi connectivity index (χ3n) is 7.53. The minimum atomic E-state index is -4.55. The van der Waals surface area contributed by atoms with Gasteiger partial charge in [0.15, 0.2) is 11.5 Å². The monoisotopic (exact) mass is 583 g/mol. The van der Waals surface area contributed by atoms with E-state index in [0.29, 0.717) is 69.7 Å². The molecule has 1 amide bonds. The van der Waals surface area contributed by atoms with Crippen LogP contribution in [0.3, 0.4) is 0 Å².